The van der Waals surface area contributed by atoms with Gasteiger partial charge in [0.2, 0.25) is 0 Å². The molecule has 2 N–H and O–H groups in total. The molecule has 1 saturated heterocycles. The zero-order chi connectivity index (χ0) is 25.1. The molecule has 0 unspecified atom stereocenters. The van der Waals surface area contributed by atoms with Crippen molar-refractivity contribution in [1.82, 2.24) is 14.7 Å². The van der Waals surface area contributed by atoms with E-state index in [2.05, 4.69) is 6.07 Å². The first-order valence-corrected chi connectivity index (χ1v) is 12.9. The number of morpholine rings is 1. The van der Waals surface area contributed by atoms with Crippen LogP contribution in [0.1, 0.15) is 47.6 Å². The van der Waals surface area contributed by atoms with E-state index in [0.717, 1.165) is 36.8 Å². The number of rotatable bonds is 5. The second-order valence-electron chi connectivity index (χ2n) is 9.69. The third-order valence-electron chi connectivity index (χ3n) is 7.62. The molecule has 3 aromatic rings. The standard InChI is InChI=1S/C28H31ClN4O3/c29-22-8-4-7-21(17-22)28(19-30)11-9-23(10-12-28)33-27(35)24(26(34)32-13-15-36-16-14-32)18-25(31-33)20-5-2-1-3-6-20/h1-8,17-18,23H,9-16,19,30H2. The zero-order valence-electron chi connectivity index (χ0n) is 20.2. The van der Waals surface area contributed by atoms with Gasteiger partial charge < -0.3 is 15.4 Å². The summed E-state index contributed by atoms with van der Waals surface area (Å²) in [4.78, 5) is 28.8. The minimum absolute atomic E-state index is 0.115. The van der Waals surface area contributed by atoms with Crippen LogP contribution in [-0.2, 0) is 10.2 Å². The Morgan fingerprint density at radius 3 is 2.44 bits per heavy atom. The lowest BCUT2D eigenvalue weighted by Crippen LogP contribution is -2.45. The van der Waals surface area contributed by atoms with Crippen LogP contribution in [0.25, 0.3) is 11.3 Å². The molecule has 5 rings (SSSR count). The van der Waals surface area contributed by atoms with E-state index in [1.807, 2.05) is 48.5 Å². The average Bonchev–Trinajstić information content (AvgIpc) is 2.94. The predicted octanol–water partition coefficient (Wildman–Crippen LogP) is 4.05. The minimum Gasteiger partial charge on any atom is -0.378 e. The Hall–Kier alpha value is -3.00. The van der Waals surface area contributed by atoms with E-state index in [1.165, 1.54) is 0 Å². The lowest BCUT2D eigenvalue weighted by atomic mass is 9.68. The summed E-state index contributed by atoms with van der Waals surface area (Å²) < 4.78 is 6.94. The molecule has 7 nitrogen and oxygen atoms in total. The highest BCUT2D eigenvalue weighted by Crippen LogP contribution is 2.42. The van der Waals surface area contributed by atoms with Gasteiger partial charge in [0, 0.05) is 35.6 Å². The molecule has 1 aromatic heterocycles. The first-order valence-electron chi connectivity index (χ1n) is 12.5. The Morgan fingerprint density at radius 2 is 1.78 bits per heavy atom. The smallest absolute Gasteiger partial charge is 0.279 e. The molecule has 0 bridgehead atoms. The van der Waals surface area contributed by atoms with Gasteiger partial charge in [-0.25, -0.2) is 4.68 Å². The van der Waals surface area contributed by atoms with E-state index in [4.69, 9.17) is 27.2 Å². The average molecular weight is 507 g/mol. The summed E-state index contributed by atoms with van der Waals surface area (Å²) >= 11 is 6.28. The second kappa shape index (κ2) is 10.5. The largest absolute Gasteiger partial charge is 0.378 e. The van der Waals surface area contributed by atoms with E-state index in [1.54, 1.807) is 15.6 Å². The maximum absolute atomic E-state index is 13.7. The fourth-order valence-corrected chi connectivity index (χ4v) is 5.62. The quantitative estimate of drug-likeness (QED) is 0.564. The Morgan fingerprint density at radius 1 is 1.06 bits per heavy atom. The monoisotopic (exact) mass is 506 g/mol. The van der Waals surface area contributed by atoms with Crippen molar-refractivity contribution in [2.75, 3.05) is 32.8 Å². The number of aromatic nitrogens is 2. The number of hydrogen-bond acceptors (Lipinski definition) is 5. The number of amides is 1. The van der Waals surface area contributed by atoms with E-state index < -0.39 is 0 Å². The summed E-state index contributed by atoms with van der Waals surface area (Å²) in [5, 5.41) is 5.47. The van der Waals surface area contributed by atoms with Gasteiger partial charge in [-0.3, -0.25) is 9.59 Å². The van der Waals surface area contributed by atoms with Crippen molar-refractivity contribution < 1.29 is 9.53 Å². The van der Waals surface area contributed by atoms with E-state index >= 15 is 0 Å². The fourth-order valence-electron chi connectivity index (χ4n) is 5.43. The van der Waals surface area contributed by atoms with Crippen LogP contribution in [0.4, 0.5) is 0 Å². The van der Waals surface area contributed by atoms with Gasteiger partial charge in [0.1, 0.15) is 5.56 Å². The van der Waals surface area contributed by atoms with Crippen molar-refractivity contribution >= 4 is 17.5 Å². The summed E-state index contributed by atoms with van der Waals surface area (Å²) in [6.07, 6.45) is 3.09. The van der Waals surface area contributed by atoms with Crippen LogP contribution in [0.15, 0.2) is 65.5 Å². The summed E-state index contributed by atoms with van der Waals surface area (Å²) in [5.41, 5.74) is 8.56. The number of carbonyl (C=O) groups excluding carboxylic acids is 1. The lowest BCUT2D eigenvalue weighted by molar-refractivity contribution is 0.0300. The van der Waals surface area contributed by atoms with Crippen LogP contribution in [-0.4, -0.2) is 53.4 Å². The third-order valence-corrected chi connectivity index (χ3v) is 7.85. The molecule has 2 heterocycles. The van der Waals surface area contributed by atoms with Crippen LogP contribution < -0.4 is 11.3 Å². The van der Waals surface area contributed by atoms with Crippen LogP contribution in [0.3, 0.4) is 0 Å². The topological polar surface area (TPSA) is 90.5 Å². The molecular formula is C28H31ClN4O3. The van der Waals surface area contributed by atoms with Crippen molar-refractivity contribution in [3.05, 3.63) is 87.2 Å². The van der Waals surface area contributed by atoms with Gasteiger partial charge in [0.25, 0.3) is 11.5 Å². The number of nitrogens with zero attached hydrogens (tertiary/aromatic N) is 3. The normalized spacial score (nSPS) is 22.4. The maximum Gasteiger partial charge on any atom is 0.279 e. The number of halogens is 1. The van der Waals surface area contributed by atoms with Crippen molar-refractivity contribution in [1.29, 1.82) is 0 Å². The number of benzene rings is 2. The number of nitrogens with two attached hydrogens (primary N) is 1. The molecule has 0 spiro atoms. The van der Waals surface area contributed by atoms with Crippen molar-refractivity contribution in [2.45, 2.75) is 37.1 Å². The molecule has 1 aliphatic carbocycles. The molecule has 2 aromatic carbocycles. The number of carbonyl (C=O) groups is 1. The SMILES string of the molecule is NCC1(c2cccc(Cl)c2)CCC(n2nc(-c3ccccc3)cc(C(=O)N3CCOCC3)c2=O)CC1. The van der Waals surface area contributed by atoms with Gasteiger partial charge in [-0.05, 0) is 49.4 Å². The minimum atomic E-state index is -0.334. The predicted molar refractivity (Wildman–Crippen MR) is 140 cm³/mol. The molecule has 0 atom stereocenters. The Balaban J connectivity index is 1.49. The Kier molecular flexibility index (Phi) is 7.23. The second-order valence-corrected chi connectivity index (χ2v) is 10.1. The summed E-state index contributed by atoms with van der Waals surface area (Å²) in [5.74, 6) is -0.261. The van der Waals surface area contributed by atoms with Gasteiger partial charge in [-0.1, -0.05) is 54.1 Å². The first-order chi connectivity index (χ1) is 17.5. The van der Waals surface area contributed by atoms with Crippen LogP contribution in [0.5, 0.6) is 0 Å². The molecule has 1 amide bonds. The molecule has 188 valence electrons. The van der Waals surface area contributed by atoms with Gasteiger partial charge in [-0.2, -0.15) is 5.10 Å². The van der Waals surface area contributed by atoms with Crippen molar-refractivity contribution in [3.63, 3.8) is 0 Å². The van der Waals surface area contributed by atoms with E-state index in [9.17, 15) is 9.59 Å². The highest BCUT2D eigenvalue weighted by molar-refractivity contribution is 6.30. The van der Waals surface area contributed by atoms with Crippen LogP contribution in [0.2, 0.25) is 5.02 Å². The Labute approximate surface area is 215 Å². The molecule has 2 aliphatic rings. The molecule has 8 heteroatoms. The molecule has 2 fully saturated rings. The van der Waals surface area contributed by atoms with Gasteiger partial charge in [0.05, 0.1) is 24.9 Å². The third kappa shape index (κ3) is 4.83. The first kappa shape index (κ1) is 24.7. The molecule has 36 heavy (non-hydrogen) atoms. The molecule has 0 radical (unpaired) electrons. The highest BCUT2D eigenvalue weighted by Gasteiger charge is 2.37. The van der Waals surface area contributed by atoms with Crippen molar-refractivity contribution in [2.24, 2.45) is 5.73 Å². The van der Waals surface area contributed by atoms with Crippen LogP contribution in [0, 0.1) is 0 Å². The lowest BCUT2D eigenvalue weighted by Gasteiger charge is -2.40. The highest BCUT2D eigenvalue weighted by atomic mass is 35.5. The fraction of sp³-hybridized carbons (Fsp3) is 0.393. The molecule has 1 saturated carbocycles. The zero-order valence-corrected chi connectivity index (χ0v) is 21.0. The maximum atomic E-state index is 13.7. The van der Waals surface area contributed by atoms with Gasteiger partial charge >= 0.3 is 0 Å². The summed E-state index contributed by atoms with van der Waals surface area (Å²) in [6, 6.07) is 19.1. The van der Waals surface area contributed by atoms with Crippen molar-refractivity contribution in [3.8, 4) is 11.3 Å². The summed E-state index contributed by atoms with van der Waals surface area (Å²) in [6.45, 7) is 2.41. The van der Waals surface area contributed by atoms with Gasteiger partial charge in [0.15, 0.2) is 0 Å². The number of hydrogen-bond donors (Lipinski definition) is 1. The van der Waals surface area contributed by atoms with Crippen LogP contribution >= 0.6 is 11.6 Å². The van der Waals surface area contributed by atoms with Gasteiger partial charge in [-0.15, -0.1) is 0 Å². The summed E-state index contributed by atoms with van der Waals surface area (Å²) in [7, 11) is 0. The Bertz CT molecular complexity index is 1280. The van der Waals surface area contributed by atoms with E-state index in [0.29, 0.717) is 43.6 Å². The number of ether oxygens (including phenoxy) is 1. The molecule has 1 aliphatic heterocycles. The molecular weight excluding hydrogens is 476 g/mol. The van der Waals surface area contributed by atoms with E-state index in [-0.39, 0.29) is 28.5 Å².